The van der Waals surface area contributed by atoms with Gasteiger partial charge < -0.3 is 5.32 Å². The minimum atomic E-state index is 0.516. The molecular weight excluding hydrogens is 256 g/mol. The highest BCUT2D eigenvalue weighted by atomic mass is 35.5. The SMILES string of the molecule is CC(Cc1cccc(Cl)c1)NC1CCN(C2CC2)C1. The average Bonchev–Trinajstić information content (AvgIpc) is 3.11. The predicted molar refractivity (Wildman–Crippen MR) is 80.8 cm³/mol. The Kier molecular flexibility index (Phi) is 4.11. The third kappa shape index (κ3) is 3.71. The Hall–Kier alpha value is -0.570. The summed E-state index contributed by atoms with van der Waals surface area (Å²) in [7, 11) is 0. The zero-order chi connectivity index (χ0) is 13.2. The van der Waals surface area contributed by atoms with Crippen molar-refractivity contribution in [3.05, 3.63) is 34.9 Å². The van der Waals surface area contributed by atoms with Crippen LogP contribution in [0, 0.1) is 0 Å². The summed E-state index contributed by atoms with van der Waals surface area (Å²) >= 11 is 6.03. The summed E-state index contributed by atoms with van der Waals surface area (Å²) in [5, 5.41) is 4.61. The van der Waals surface area contributed by atoms with E-state index in [9.17, 15) is 0 Å². The van der Waals surface area contributed by atoms with Crippen LogP contribution in [-0.2, 0) is 6.42 Å². The molecule has 1 N–H and O–H groups in total. The second-order valence-corrected chi connectivity index (χ2v) is 6.55. The van der Waals surface area contributed by atoms with E-state index in [-0.39, 0.29) is 0 Å². The van der Waals surface area contributed by atoms with Gasteiger partial charge in [-0.15, -0.1) is 0 Å². The van der Waals surface area contributed by atoms with E-state index in [0.717, 1.165) is 17.5 Å². The van der Waals surface area contributed by atoms with Gasteiger partial charge in [0.15, 0.2) is 0 Å². The van der Waals surface area contributed by atoms with Crippen LogP contribution < -0.4 is 5.32 Å². The maximum atomic E-state index is 6.03. The Morgan fingerprint density at radius 1 is 1.37 bits per heavy atom. The molecule has 0 radical (unpaired) electrons. The van der Waals surface area contributed by atoms with E-state index >= 15 is 0 Å². The molecule has 2 atom stereocenters. The molecule has 2 nitrogen and oxygen atoms in total. The van der Waals surface area contributed by atoms with Gasteiger partial charge in [0.05, 0.1) is 0 Å². The molecule has 2 unspecified atom stereocenters. The van der Waals surface area contributed by atoms with Crippen LogP contribution in [0.3, 0.4) is 0 Å². The van der Waals surface area contributed by atoms with E-state index < -0.39 is 0 Å². The van der Waals surface area contributed by atoms with Crippen molar-refractivity contribution >= 4 is 11.6 Å². The van der Waals surface area contributed by atoms with Gasteiger partial charge in [-0.3, -0.25) is 4.90 Å². The number of likely N-dealkylation sites (tertiary alicyclic amines) is 1. The van der Waals surface area contributed by atoms with Crippen LogP contribution in [0.2, 0.25) is 5.02 Å². The van der Waals surface area contributed by atoms with Gasteiger partial charge in [-0.05, 0) is 50.3 Å². The van der Waals surface area contributed by atoms with E-state index in [1.807, 2.05) is 12.1 Å². The Labute approximate surface area is 121 Å². The molecule has 3 heteroatoms. The van der Waals surface area contributed by atoms with Crippen molar-refractivity contribution in [3.63, 3.8) is 0 Å². The average molecular weight is 279 g/mol. The maximum Gasteiger partial charge on any atom is 0.0408 e. The molecule has 1 aromatic carbocycles. The van der Waals surface area contributed by atoms with E-state index in [1.54, 1.807) is 0 Å². The van der Waals surface area contributed by atoms with Crippen molar-refractivity contribution in [3.8, 4) is 0 Å². The fraction of sp³-hybridized carbons (Fsp3) is 0.625. The third-order valence-corrected chi connectivity index (χ3v) is 4.47. The van der Waals surface area contributed by atoms with Crippen LogP contribution in [0.25, 0.3) is 0 Å². The van der Waals surface area contributed by atoms with Crippen molar-refractivity contribution in [2.45, 2.75) is 50.7 Å². The Morgan fingerprint density at radius 3 is 2.95 bits per heavy atom. The Morgan fingerprint density at radius 2 is 2.21 bits per heavy atom. The zero-order valence-electron chi connectivity index (χ0n) is 11.6. The molecule has 0 bridgehead atoms. The molecule has 19 heavy (non-hydrogen) atoms. The van der Waals surface area contributed by atoms with Crippen molar-refractivity contribution in [2.75, 3.05) is 13.1 Å². The lowest BCUT2D eigenvalue weighted by Gasteiger charge is -2.20. The van der Waals surface area contributed by atoms with Crippen molar-refractivity contribution < 1.29 is 0 Å². The number of rotatable bonds is 5. The summed E-state index contributed by atoms with van der Waals surface area (Å²) < 4.78 is 0. The highest BCUT2D eigenvalue weighted by molar-refractivity contribution is 6.30. The van der Waals surface area contributed by atoms with Gasteiger partial charge in [-0.1, -0.05) is 23.7 Å². The van der Waals surface area contributed by atoms with Crippen LogP contribution in [0.4, 0.5) is 0 Å². The van der Waals surface area contributed by atoms with Crippen molar-refractivity contribution in [1.29, 1.82) is 0 Å². The Balaban J connectivity index is 1.47. The third-order valence-electron chi connectivity index (χ3n) is 4.23. The van der Waals surface area contributed by atoms with Gasteiger partial charge in [-0.2, -0.15) is 0 Å². The summed E-state index contributed by atoms with van der Waals surface area (Å²) in [4.78, 5) is 2.66. The molecule has 1 aromatic rings. The molecule has 0 spiro atoms. The first-order chi connectivity index (χ1) is 9.20. The quantitative estimate of drug-likeness (QED) is 0.890. The van der Waals surface area contributed by atoms with Crippen molar-refractivity contribution in [2.24, 2.45) is 0 Å². The van der Waals surface area contributed by atoms with E-state index in [2.05, 4.69) is 29.3 Å². The van der Waals surface area contributed by atoms with Crippen LogP contribution in [0.15, 0.2) is 24.3 Å². The van der Waals surface area contributed by atoms with Crippen LogP contribution in [0.5, 0.6) is 0 Å². The van der Waals surface area contributed by atoms with Gasteiger partial charge >= 0.3 is 0 Å². The fourth-order valence-electron chi connectivity index (χ4n) is 3.17. The van der Waals surface area contributed by atoms with Gasteiger partial charge in [0, 0.05) is 36.2 Å². The topological polar surface area (TPSA) is 15.3 Å². The van der Waals surface area contributed by atoms with Gasteiger partial charge in [0.1, 0.15) is 0 Å². The predicted octanol–water partition coefficient (Wildman–Crippen LogP) is 3.10. The lowest BCUT2D eigenvalue weighted by Crippen LogP contribution is -2.39. The largest absolute Gasteiger partial charge is 0.310 e. The molecule has 2 fully saturated rings. The summed E-state index contributed by atoms with van der Waals surface area (Å²) in [6.45, 7) is 4.80. The van der Waals surface area contributed by atoms with Crippen LogP contribution in [0.1, 0.15) is 31.7 Å². The number of halogens is 1. The van der Waals surface area contributed by atoms with Gasteiger partial charge in [0.2, 0.25) is 0 Å². The number of hydrogen-bond acceptors (Lipinski definition) is 2. The lowest BCUT2D eigenvalue weighted by molar-refractivity contribution is 0.313. The van der Waals surface area contributed by atoms with E-state index in [4.69, 9.17) is 11.6 Å². The molecular formula is C16H23ClN2. The molecule has 1 aliphatic heterocycles. The van der Waals surface area contributed by atoms with E-state index in [0.29, 0.717) is 12.1 Å². The monoisotopic (exact) mass is 278 g/mol. The smallest absolute Gasteiger partial charge is 0.0408 e. The maximum absolute atomic E-state index is 6.03. The molecule has 1 heterocycles. The van der Waals surface area contributed by atoms with E-state index in [1.165, 1.54) is 37.9 Å². The zero-order valence-corrected chi connectivity index (χ0v) is 12.4. The molecule has 3 rings (SSSR count). The van der Waals surface area contributed by atoms with Crippen LogP contribution >= 0.6 is 11.6 Å². The lowest BCUT2D eigenvalue weighted by atomic mass is 10.1. The highest BCUT2D eigenvalue weighted by Crippen LogP contribution is 2.29. The van der Waals surface area contributed by atoms with Crippen LogP contribution in [-0.4, -0.2) is 36.1 Å². The molecule has 104 valence electrons. The van der Waals surface area contributed by atoms with Gasteiger partial charge in [0.25, 0.3) is 0 Å². The molecule has 1 saturated heterocycles. The summed E-state index contributed by atoms with van der Waals surface area (Å²) in [6.07, 6.45) is 5.20. The summed E-state index contributed by atoms with van der Waals surface area (Å²) in [6, 6.07) is 10.3. The number of nitrogens with one attached hydrogen (secondary N) is 1. The first-order valence-corrected chi connectivity index (χ1v) is 7.83. The second-order valence-electron chi connectivity index (χ2n) is 6.11. The minimum Gasteiger partial charge on any atom is -0.310 e. The molecule has 1 saturated carbocycles. The minimum absolute atomic E-state index is 0.516. The van der Waals surface area contributed by atoms with Gasteiger partial charge in [-0.25, -0.2) is 0 Å². The summed E-state index contributed by atoms with van der Waals surface area (Å²) in [5.41, 5.74) is 1.32. The number of nitrogens with zero attached hydrogens (tertiary/aromatic N) is 1. The first kappa shape index (κ1) is 13.4. The molecule has 2 aliphatic rings. The second kappa shape index (κ2) is 5.82. The molecule has 0 amide bonds. The standard InChI is InChI=1S/C16H23ClN2/c1-12(9-13-3-2-4-14(17)10-13)18-15-7-8-19(11-15)16-5-6-16/h2-4,10,12,15-16,18H,5-9,11H2,1H3. The van der Waals surface area contributed by atoms with Crippen molar-refractivity contribution in [1.82, 2.24) is 10.2 Å². The number of hydrogen-bond donors (Lipinski definition) is 1. The Bertz CT molecular complexity index is 431. The molecule has 0 aromatic heterocycles. The first-order valence-electron chi connectivity index (χ1n) is 7.45. The molecule has 1 aliphatic carbocycles. The fourth-order valence-corrected chi connectivity index (χ4v) is 3.39. The number of benzene rings is 1. The normalized spacial score (nSPS) is 25.7. The summed E-state index contributed by atoms with van der Waals surface area (Å²) in [5.74, 6) is 0. The highest BCUT2D eigenvalue weighted by Gasteiger charge is 2.34.